The van der Waals surface area contributed by atoms with E-state index in [1.807, 2.05) is 6.07 Å². The molecule has 3 nitrogen and oxygen atoms in total. The van der Waals surface area contributed by atoms with Crippen molar-refractivity contribution in [3.05, 3.63) is 35.9 Å². The second-order valence-electron chi connectivity index (χ2n) is 4.79. The first kappa shape index (κ1) is 17.5. The molecule has 1 aromatic rings. The minimum absolute atomic E-state index is 0.128. The van der Waals surface area contributed by atoms with Gasteiger partial charge in [0.2, 0.25) is 0 Å². The van der Waals surface area contributed by atoms with Crippen molar-refractivity contribution in [3.63, 3.8) is 0 Å². The van der Waals surface area contributed by atoms with E-state index in [4.69, 9.17) is 4.74 Å². The third-order valence-corrected chi connectivity index (χ3v) is 3.25. The Balaban J connectivity index is 2.98. The van der Waals surface area contributed by atoms with Crippen LogP contribution in [0.1, 0.15) is 25.8 Å². The van der Waals surface area contributed by atoms with Crippen molar-refractivity contribution in [2.75, 3.05) is 13.2 Å². The topological polar surface area (TPSA) is 38.3 Å². The molecule has 0 radical (unpaired) electrons. The molecule has 1 rings (SSSR count). The third kappa shape index (κ3) is 5.38. The summed E-state index contributed by atoms with van der Waals surface area (Å²) in [5, 5.41) is 2.36. The number of nitrogens with one attached hydrogen (secondary N) is 1. The highest BCUT2D eigenvalue weighted by molar-refractivity contribution is 5.81. The first-order chi connectivity index (χ1) is 9.83. The largest absolute Gasteiger partial charge is 0.465 e. The van der Waals surface area contributed by atoms with Crippen LogP contribution in [-0.2, 0) is 16.0 Å². The van der Waals surface area contributed by atoms with Gasteiger partial charge >= 0.3 is 12.1 Å². The molecule has 0 bridgehead atoms. The van der Waals surface area contributed by atoms with Gasteiger partial charge in [0.25, 0.3) is 0 Å². The van der Waals surface area contributed by atoms with Crippen molar-refractivity contribution in [1.29, 1.82) is 0 Å². The average molecular weight is 303 g/mol. The second-order valence-corrected chi connectivity index (χ2v) is 4.79. The van der Waals surface area contributed by atoms with Gasteiger partial charge in [-0.3, -0.25) is 10.1 Å². The number of hydrogen-bond acceptors (Lipinski definition) is 3. The molecule has 0 aromatic heterocycles. The summed E-state index contributed by atoms with van der Waals surface area (Å²) in [6.07, 6.45) is -4.03. The predicted molar refractivity (Wildman–Crippen MR) is 73.9 cm³/mol. The zero-order valence-electron chi connectivity index (χ0n) is 12.2. The van der Waals surface area contributed by atoms with Crippen LogP contribution in [-0.4, -0.2) is 30.8 Å². The van der Waals surface area contributed by atoms with Crippen LogP contribution in [0, 0.1) is 0 Å². The van der Waals surface area contributed by atoms with Crippen LogP contribution in [0.25, 0.3) is 0 Å². The molecule has 0 aliphatic carbocycles. The van der Waals surface area contributed by atoms with Crippen molar-refractivity contribution in [2.45, 2.75) is 38.4 Å². The summed E-state index contributed by atoms with van der Waals surface area (Å²) in [6, 6.07) is 8.93. The Kier molecular flexibility index (Phi) is 6.20. The SMILES string of the molecule is CCOC(=O)C(CC)(Cc1ccccc1)NCC(F)(F)F. The molecule has 6 heteroatoms. The monoisotopic (exact) mass is 303 g/mol. The number of hydrogen-bond donors (Lipinski definition) is 1. The molecule has 0 aliphatic heterocycles. The number of carbonyl (C=O) groups is 1. The number of ether oxygens (including phenoxy) is 1. The molecule has 1 N–H and O–H groups in total. The van der Waals surface area contributed by atoms with Crippen molar-refractivity contribution in [1.82, 2.24) is 5.32 Å². The minimum atomic E-state index is -4.39. The van der Waals surface area contributed by atoms with Crippen LogP contribution in [0.2, 0.25) is 0 Å². The molecule has 1 atom stereocenters. The second kappa shape index (κ2) is 7.45. The number of alkyl halides is 3. The molecule has 1 aromatic carbocycles. The molecular formula is C15H20F3NO2. The van der Waals surface area contributed by atoms with Crippen molar-refractivity contribution >= 4 is 5.97 Å². The Morgan fingerprint density at radius 2 is 1.81 bits per heavy atom. The van der Waals surface area contributed by atoms with E-state index in [1.54, 1.807) is 38.1 Å². The molecule has 21 heavy (non-hydrogen) atoms. The van der Waals surface area contributed by atoms with E-state index in [1.165, 1.54) is 0 Å². The molecule has 0 spiro atoms. The van der Waals surface area contributed by atoms with Gasteiger partial charge in [-0.25, -0.2) is 0 Å². The van der Waals surface area contributed by atoms with Crippen LogP contribution in [0.5, 0.6) is 0 Å². The lowest BCUT2D eigenvalue weighted by Crippen LogP contribution is -2.56. The van der Waals surface area contributed by atoms with Crippen LogP contribution in [0.3, 0.4) is 0 Å². The highest BCUT2D eigenvalue weighted by Crippen LogP contribution is 2.22. The number of benzene rings is 1. The zero-order valence-corrected chi connectivity index (χ0v) is 12.2. The van der Waals surface area contributed by atoms with Crippen molar-refractivity contribution < 1.29 is 22.7 Å². The van der Waals surface area contributed by atoms with Crippen molar-refractivity contribution in [2.24, 2.45) is 0 Å². The van der Waals surface area contributed by atoms with Crippen molar-refractivity contribution in [3.8, 4) is 0 Å². The van der Waals surface area contributed by atoms with Crippen LogP contribution >= 0.6 is 0 Å². The van der Waals surface area contributed by atoms with Gasteiger partial charge in [-0.15, -0.1) is 0 Å². The summed E-state index contributed by atoms with van der Waals surface area (Å²) >= 11 is 0. The van der Waals surface area contributed by atoms with Gasteiger partial charge in [0.15, 0.2) is 0 Å². The highest BCUT2D eigenvalue weighted by atomic mass is 19.4. The summed E-state index contributed by atoms with van der Waals surface area (Å²) in [5.74, 6) is -0.652. The van der Waals surface area contributed by atoms with E-state index in [0.717, 1.165) is 5.56 Å². The van der Waals surface area contributed by atoms with E-state index in [0.29, 0.717) is 0 Å². The lowest BCUT2D eigenvalue weighted by atomic mass is 9.88. The van der Waals surface area contributed by atoms with E-state index in [2.05, 4.69) is 5.32 Å². The van der Waals surface area contributed by atoms with Crippen LogP contribution in [0.4, 0.5) is 13.2 Å². The summed E-state index contributed by atoms with van der Waals surface area (Å²) < 4.78 is 42.5. The minimum Gasteiger partial charge on any atom is -0.465 e. The molecule has 1 unspecified atom stereocenters. The normalized spacial score (nSPS) is 14.5. The van der Waals surface area contributed by atoms with E-state index in [9.17, 15) is 18.0 Å². The van der Waals surface area contributed by atoms with Gasteiger partial charge in [0.05, 0.1) is 13.2 Å². The first-order valence-electron chi connectivity index (χ1n) is 6.86. The number of rotatable bonds is 7. The molecule has 118 valence electrons. The Morgan fingerprint density at radius 1 is 1.19 bits per heavy atom. The fraction of sp³-hybridized carbons (Fsp3) is 0.533. The van der Waals surface area contributed by atoms with Crippen LogP contribution in [0.15, 0.2) is 30.3 Å². The molecule has 0 aliphatic rings. The molecule has 0 saturated carbocycles. The van der Waals surface area contributed by atoms with E-state index in [-0.39, 0.29) is 19.4 Å². The summed E-state index contributed by atoms with van der Waals surface area (Å²) in [7, 11) is 0. The van der Waals surface area contributed by atoms with E-state index >= 15 is 0 Å². The maximum absolute atomic E-state index is 12.5. The van der Waals surface area contributed by atoms with Gasteiger partial charge in [0, 0.05) is 6.42 Å². The third-order valence-electron chi connectivity index (χ3n) is 3.25. The number of halogens is 3. The molecule has 0 heterocycles. The maximum atomic E-state index is 12.5. The maximum Gasteiger partial charge on any atom is 0.401 e. The Labute approximate surface area is 122 Å². The fourth-order valence-corrected chi connectivity index (χ4v) is 2.08. The van der Waals surface area contributed by atoms with Gasteiger partial charge < -0.3 is 4.74 Å². The van der Waals surface area contributed by atoms with Crippen LogP contribution < -0.4 is 5.32 Å². The standard InChI is InChI=1S/C15H20F3NO2/c1-3-14(13(20)21-4-2,19-11-15(16,17)18)10-12-8-6-5-7-9-12/h5-9,19H,3-4,10-11H2,1-2H3. The lowest BCUT2D eigenvalue weighted by molar-refractivity contribution is -0.156. The van der Waals surface area contributed by atoms with Gasteiger partial charge in [-0.05, 0) is 18.9 Å². The molecular weight excluding hydrogens is 283 g/mol. The average Bonchev–Trinajstić information content (AvgIpc) is 2.44. The molecule has 0 amide bonds. The number of esters is 1. The molecule has 0 fully saturated rings. The highest BCUT2D eigenvalue weighted by Gasteiger charge is 2.41. The first-order valence-corrected chi connectivity index (χ1v) is 6.86. The smallest absolute Gasteiger partial charge is 0.401 e. The van der Waals surface area contributed by atoms with Gasteiger partial charge in [0.1, 0.15) is 5.54 Å². The fourth-order valence-electron chi connectivity index (χ4n) is 2.08. The quantitative estimate of drug-likeness (QED) is 0.787. The molecule has 0 saturated heterocycles. The summed E-state index contributed by atoms with van der Waals surface area (Å²) in [6.45, 7) is 2.20. The number of carbonyl (C=O) groups excluding carboxylic acids is 1. The van der Waals surface area contributed by atoms with Gasteiger partial charge in [-0.1, -0.05) is 37.3 Å². The summed E-state index contributed by atoms with van der Waals surface area (Å²) in [5.41, 5.74) is -0.588. The Hall–Kier alpha value is -1.56. The lowest BCUT2D eigenvalue weighted by Gasteiger charge is -2.32. The summed E-state index contributed by atoms with van der Waals surface area (Å²) in [4.78, 5) is 12.2. The predicted octanol–water partition coefficient (Wildman–Crippen LogP) is 3.09. The van der Waals surface area contributed by atoms with Gasteiger partial charge in [-0.2, -0.15) is 13.2 Å². The zero-order chi connectivity index (χ0) is 15.9. The van der Waals surface area contributed by atoms with E-state index < -0.39 is 24.2 Å². The Morgan fingerprint density at radius 3 is 2.29 bits per heavy atom. The Bertz CT molecular complexity index is 448.